The summed E-state index contributed by atoms with van der Waals surface area (Å²) in [5, 5.41) is 49.7. The van der Waals surface area contributed by atoms with Crippen molar-refractivity contribution in [2.24, 2.45) is 0 Å². The van der Waals surface area contributed by atoms with Crippen molar-refractivity contribution in [2.45, 2.75) is 19.6 Å². The number of rotatable bonds is 24. The van der Waals surface area contributed by atoms with Crippen molar-refractivity contribution in [2.75, 3.05) is 83.7 Å². The Hall–Kier alpha value is -5.08. The van der Waals surface area contributed by atoms with Crippen LogP contribution < -0.4 is 31.1 Å². The molecule has 388 valence electrons. The van der Waals surface area contributed by atoms with Crippen LogP contribution in [0.15, 0.2) is 105 Å². The summed E-state index contributed by atoms with van der Waals surface area (Å²) in [4.78, 5) is 26.1. The van der Waals surface area contributed by atoms with Crippen LogP contribution in [0.4, 0.5) is 58.4 Å². The van der Waals surface area contributed by atoms with Crippen LogP contribution in [0, 0.1) is 0 Å². The summed E-state index contributed by atoms with van der Waals surface area (Å²) in [5.41, 5.74) is -0.244. The van der Waals surface area contributed by atoms with Crippen LogP contribution >= 0.6 is 0 Å². The monoisotopic (exact) mass is 1120 g/mol. The second kappa shape index (κ2) is 26.6. The Bertz CT molecular complexity index is 3210. The summed E-state index contributed by atoms with van der Waals surface area (Å²) in [6, 6.07) is 17.0. The van der Waals surface area contributed by atoms with Gasteiger partial charge < -0.3 is 51.5 Å². The SMILES string of the molecule is O=S(=O)(O)c1cccc(Nc2nc(Nc3ccc(/C=C/c4ccc(Nc5nc(Nc6cccc(S(=O)(=O)O)c6)nc(N(CCO)CCO)n5)cc4S(=O)(=O)O)c(S(=O)(=O)O)c3)nc(N(CCO)CCO)n2)c1.[NaH].[NaH]. The number of nitrogens with one attached hydrogen (secondary N) is 4. The van der Waals surface area contributed by atoms with Gasteiger partial charge in [-0.05, 0) is 71.8 Å². The number of benzene rings is 4. The van der Waals surface area contributed by atoms with Crippen molar-refractivity contribution in [3.63, 3.8) is 0 Å². The third kappa shape index (κ3) is 17.2. The molecule has 2 aromatic heterocycles. The first-order chi connectivity index (χ1) is 34.0. The molecular formula is C40H46N12Na2O16S4. The van der Waals surface area contributed by atoms with Gasteiger partial charge in [0, 0.05) is 48.9 Å². The molecule has 0 fully saturated rings. The number of aliphatic hydroxyl groups is 4. The van der Waals surface area contributed by atoms with Crippen LogP contribution in [0.3, 0.4) is 0 Å². The molecule has 0 aliphatic heterocycles. The van der Waals surface area contributed by atoms with E-state index < -0.39 is 86.5 Å². The molecule has 6 rings (SSSR count). The number of hydrogen-bond donors (Lipinski definition) is 12. The minimum atomic E-state index is -5.04. The van der Waals surface area contributed by atoms with Gasteiger partial charge in [-0.25, -0.2) is 0 Å². The third-order valence-electron chi connectivity index (χ3n) is 9.61. The second-order valence-electron chi connectivity index (χ2n) is 14.7. The summed E-state index contributed by atoms with van der Waals surface area (Å²) in [6.07, 6.45) is 2.25. The van der Waals surface area contributed by atoms with Gasteiger partial charge in [0.25, 0.3) is 40.5 Å². The zero-order chi connectivity index (χ0) is 52.4. The predicted octanol–water partition coefficient (Wildman–Crippen LogP) is 0.473. The summed E-state index contributed by atoms with van der Waals surface area (Å²) in [7, 11) is -19.3. The molecule has 0 bridgehead atoms. The maximum absolute atomic E-state index is 12.8. The van der Waals surface area contributed by atoms with E-state index in [4.69, 9.17) is 0 Å². The van der Waals surface area contributed by atoms with Crippen molar-refractivity contribution < 1.29 is 72.3 Å². The first-order valence-electron chi connectivity index (χ1n) is 20.6. The fourth-order valence-electron chi connectivity index (χ4n) is 6.45. The Morgan fingerprint density at radius 1 is 0.405 bits per heavy atom. The van der Waals surface area contributed by atoms with Crippen molar-refractivity contribution in [1.82, 2.24) is 29.9 Å². The summed E-state index contributed by atoms with van der Waals surface area (Å²) in [6.45, 7) is -1.83. The van der Waals surface area contributed by atoms with Crippen molar-refractivity contribution >= 4 is 170 Å². The van der Waals surface area contributed by atoms with Gasteiger partial charge in [-0.1, -0.05) is 36.4 Å². The van der Waals surface area contributed by atoms with Gasteiger partial charge in [0.1, 0.15) is 9.79 Å². The molecule has 28 nitrogen and oxygen atoms in total. The predicted molar refractivity (Wildman–Crippen MR) is 274 cm³/mol. The Balaban J connectivity index is 0.00000593. The van der Waals surface area contributed by atoms with Gasteiger partial charge in [0.15, 0.2) is 0 Å². The second-order valence-corrected chi connectivity index (χ2v) is 20.4. The number of hydrogen-bond acceptors (Lipinski definition) is 24. The number of aliphatic hydroxyl groups excluding tert-OH is 4. The third-order valence-corrected chi connectivity index (χ3v) is 13.1. The fraction of sp³-hybridized carbons (Fsp3) is 0.200. The molecule has 0 atom stereocenters. The summed E-state index contributed by atoms with van der Waals surface area (Å²) in [5.74, 6) is -1.18. The number of nitrogens with zero attached hydrogens (tertiary/aromatic N) is 8. The molecule has 0 saturated heterocycles. The number of aromatic nitrogens is 6. The molecule has 0 unspecified atom stereocenters. The molecule has 12 N–H and O–H groups in total. The normalized spacial score (nSPS) is 11.8. The van der Waals surface area contributed by atoms with Crippen LogP contribution in [0.5, 0.6) is 0 Å². The van der Waals surface area contributed by atoms with Crippen molar-refractivity contribution in [1.29, 1.82) is 0 Å². The molecule has 4 aromatic carbocycles. The van der Waals surface area contributed by atoms with Gasteiger partial charge in [-0.15, -0.1) is 0 Å². The van der Waals surface area contributed by atoms with E-state index in [9.17, 15) is 72.3 Å². The standard InChI is InChI=1S/C40H44N12O16S4.2Na.2H/c53-17-13-51(14-18-54)39-47-35(41-27-3-1-5-31(21-27)69(57,58)59)45-37(49-39)43-29-11-9-25(33(23-29)71(63,64)65)7-8-26-10-12-30(24-34(26)72(66,67)68)44-38-46-36(48-40(50-38)52(15-19-55)16-20-56)42-28-4-2-6-32(22-28)70(60,61)62;;;;/h1-12,21-24,53-56H,13-20H2,(H,57,58,59)(H,60,61,62)(H,63,64,65)(H,66,67,68)(H2,41,43,45,47,49)(H2,42,44,46,48,50);;;;/b8-7+;;;;. The Labute approximate surface area is 467 Å². The van der Waals surface area contributed by atoms with Gasteiger partial charge >= 0.3 is 59.1 Å². The topological polar surface area (TPSA) is 430 Å². The van der Waals surface area contributed by atoms with Crippen LogP contribution in [0.25, 0.3) is 12.2 Å². The van der Waals surface area contributed by atoms with Gasteiger partial charge in [-0.3, -0.25) is 18.2 Å². The molecule has 0 saturated carbocycles. The molecular weight excluding hydrogens is 1080 g/mol. The Morgan fingerprint density at radius 2 is 0.703 bits per heavy atom. The van der Waals surface area contributed by atoms with Crippen molar-refractivity contribution in [3.8, 4) is 0 Å². The van der Waals surface area contributed by atoms with Gasteiger partial charge in [-0.2, -0.15) is 63.6 Å². The molecule has 0 aliphatic rings. The van der Waals surface area contributed by atoms with Crippen molar-refractivity contribution in [3.05, 3.63) is 96.1 Å². The molecule has 34 heteroatoms. The molecule has 0 aliphatic carbocycles. The van der Waals surface area contributed by atoms with E-state index >= 15 is 0 Å². The molecule has 0 amide bonds. The zero-order valence-corrected chi connectivity index (χ0v) is 40.2. The van der Waals surface area contributed by atoms with E-state index in [1.165, 1.54) is 58.3 Å². The maximum atomic E-state index is 12.8. The molecule has 0 radical (unpaired) electrons. The van der Waals surface area contributed by atoms with E-state index in [1.54, 1.807) is 0 Å². The fourth-order valence-corrected chi connectivity index (χ4v) is 8.93. The van der Waals surface area contributed by atoms with Crippen LogP contribution in [0.2, 0.25) is 0 Å². The summed E-state index contributed by atoms with van der Waals surface area (Å²) >= 11 is 0. The molecule has 2 heterocycles. The van der Waals surface area contributed by atoms with Gasteiger partial charge in [0.2, 0.25) is 35.7 Å². The Morgan fingerprint density at radius 3 is 0.973 bits per heavy atom. The van der Waals surface area contributed by atoms with E-state index in [-0.39, 0.29) is 155 Å². The first kappa shape index (κ1) is 61.5. The van der Waals surface area contributed by atoms with Gasteiger partial charge in [0.05, 0.1) is 36.2 Å². The average molecular weight is 1130 g/mol. The molecule has 6 aromatic rings. The minimum absolute atomic E-state index is 0. The number of anilines is 10. The van der Waals surface area contributed by atoms with E-state index in [0.717, 1.165) is 48.6 Å². The average Bonchev–Trinajstić information content (AvgIpc) is 3.30. The molecule has 0 spiro atoms. The van der Waals surface area contributed by atoms with E-state index in [0.29, 0.717) is 0 Å². The molecule has 74 heavy (non-hydrogen) atoms. The van der Waals surface area contributed by atoms with Crippen LogP contribution in [0.1, 0.15) is 11.1 Å². The quantitative estimate of drug-likeness (QED) is 0.0223. The van der Waals surface area contributed by atoms with E-state index in [1.807, 2.05) is 0 Å². The first-order valence-corrected chi connectivity index (χ1v) is 26.3. The summed E-state index contributed by atoms with van der Waals surface area (Å²) < 4.78 is 138. The van der Waals surface area contributed by atoms with E-state index in [2.05, 4.69) is 51.2 Å². The zero-order valence-electron chi connectivity index (χ0n) is 36.9. The van der Waals surface area contributed by atoms with Crippen LogP contribution in [-0.2, 0) is 40.5 Å². The Kier molecular flexibility index (Phi) is 22.1. The van der Waals surface area contributed by atoms with Crippen LogP contribution in [-0.4, -0.2) is 214 Å².